The van der Waals surface area contributed by atoms with E-state index in [1.165, 1.54) is 22.3 Å². The van der Waals surface area contributed by atoms with Gasteiger partial charge in [-0.3, -0.25) is 15.0 Å². The summed E-state index contributed by atoms with van der Waals surface area (Å²) in [6.07, 6.45) is 8.36. The highest BCUT2D eigenvalue weighted by Crippen LogP contribution is 2.27. The summed E-state index contributed by atoms with van der Waals surface area (Å²) in [5, 5.41) is 5.65. The largest absolute Gasteiger partial charge is 0.369 e. The fraction of sp³-hybridized carbons (Fsp3) is 0.172. The van der Waals surface area contributed by atoms with Gasteiger partial charge in [0.05, 0.1) is 5.69 Å². The molecule has 1 N–H and O–H groups in total. The highest BCUT2D eigenvalue weighted by atomic mass is 15.0. The first-order chi connectivity index (χ1) is 16.6. The third-order valence-electron chi connectivity index (χ3n) is 6.05. The summed E-state index contributed by atoms with van der Waals surface area (Å²) >= 11 is 0. The Morgan fingerprint density at radius 3 is 2.21 bits per heavy atom. The van der Waals surface area contributed by atoms with Gasteiger partial charge in [0, 0.05) is 53.7 Å². The summed E-state index contributed by atoms with van der Waals surface area (Å²) in [6.45, 7) is 6.98. The van der Waals surface area contributed by atoms with Crippen LogP contribution in [0.1, 0.15) is 22.5 Å². The second-order valence-corrected chi connectivity index (χ2v) is 8.65. The average Bonchev–Trinajstić information content (AvgIpc) is 2.84. The van der Waals surface area contributed by atoms with Crippen molar-refractivity contribution < 1.29 is 0 Å². The molecule has 4 heterocycles. The second kappa shape index (κ2) is 9.40. The summed E-state index contributed by atoms with van der Waals surface area (Å²) in [5.74, 6) is 0.864. The van der Waals surface area contributed by atoms with Crippen LogP contribution in [0.2, 0.25) is 0 Å². The van der Waals surface area contributed by atoms with Crippen molar-refractivity contribution in [3.8, 4) is 22.4 Å². The third-order valence-corrected chi connectivity index (χ3v) is 6.05. The maximum absolute atomic E-state index is 4.69. The Morgan fingerprint density at radius 2 is 1.44 bits per heavy atom. The molecule has 5 heteroatoms. The van der Waals surface area contributed by atoms with Crippen LogP contribution in [-0.4, -0.2) is 26.5 Å². The van der Waals surface area contributed by atoms with Crippen molar-refractivity contribution in [3.63, 3.8) is 0 Å². The molecule has 5 rings (SSSR count). The molecule has 168 valence electrons. The normalized spacial score (nSPS) is 11.0. The van der Waals surface area contributed by atoms with Crippen molar-refractivity contribution in [1.82, 2.24) is 19.9 Å². The van der Waals surface area contributed by atoms with Gasteiger partial charge >= 0.3 is 0 Å². The molecule has 0 aliphatic rings. The van der Waals surface area contributed by atoms with Crippen LogP contribution in [0, 0.1) is 20.8 Å². The number of hydrogen-bond donors (Lipinski definition) is 1. The van der Waals surface area contributed by atoms with Crippen molar-refractivity contribution in [3.05, 3.63) is 102 Å². The van der Waals surface area contributed by atoms with E-state index < -0.39 is 0 Å². The highest BCUT2D eigenvalue weighted by molar-refractivity contribution is 5.93. The lowest BCUT2D eigenvalue weighted by atomic mass is 9.98. The maximum atomic E-state index is 4.69. The fourth-order valence-electron chi connectivity index (χ4n) is 4.32. The lowest BCUT2D eigenvalue weighted by Crippen LogP contribution is -2.07. The van der Waals surface area contributed by atoms with Crippen LogP contribution in [0.3, 0.4) is 0 Å². The molecule has 4 aromatic heterocycles. The van der Waals surface area contributed by atoms with E-state index in [1.807, 2.05) is 50.8 Å². The van der Waals surface area contributed by atoms with Gasteiger partial charge in [-0.2, -0.15) is 0 Å². The second-order valence-electron chi connectivity index (χ2n) is 8.65. The smallest absolute Gasteiger partial charge is 0.135 e. The Balaban J connectivity index is 1.30. The zero-order chi connectivity index (χ0) is 23.5. The van der Waals surface area contributed by atoms with Gasteiger partial charge in [0.25, 0.3) is 0 Å². The Labute approximate surface area is 200 Å². The Hall–Kier alpha value is -4.12. The standard InChI is InChI=1S/C29H27N5/c1-19-14-22(4-5-26(19)23-7-11-30-20(2)15-23)6-10-32-29-27-18-34-28(17-24(27)8-13-33-29)25-9-12-31-21(3)16-25/h4-5,7-9,11-18H,6,10H2,1-3H3,(H,32,33). The highest BCUT2D eigenvalue weighted by Gasteiger charge is 2.08. The van der Waals surface area contributed by atoms with E-state index >= 15 is 0 Å². The SMILES string of the molecule is Cc1cc(-c2cc3ccnc(NCCc4ccc(-c5ccnc(C)c5)c(C)c4)c3cn2)ccn1. The lowest BCUT2D eigenvalue weighted by molar-refractivity contribution is 1.01. The van der Waals surface area contributed by atoms with E-state index in [4.69, 9.17) is 0 Å². The predicted molar refractivity (Wildman–Crippen MR) is 139 cm³/mol. The summed E-state index contributed by atoms with van der Waals surface area (Å²) in [5.41, 5.74) is 9.06. The average molecular weight is 446 g/mol. The minimum Gasteiger partial charge on any atom is -0.369 e. The van der Waals surface area contributed by atoms with Crippen LogP contribution in [0.25, 0.3) is 33.2 Å². The van der Waals surface area contributed by atoms with Gasteiger partial charge in [-0.05, 0) is 91.2 Å². The Kier molecular flexibility index (Phi) is 6.00. The van der Waals surface area contributed by atoms with Crippen LogP contribution >= 0.6 is 0 Å². The number of rotatable bonds is 6. The third kappa shape index (κ3) is 4.64. The van der Waals surface area contributed by atoms with E-state index in [2.05, 4.69) is 74.6 Å². The first kappa shape index (κ1) is 21.7. The van der Waals surface area contributed by atoms with Gasteiger partial charge < -0.3 is 5.32 Å². The topological polar surface area (TPSA) is 63.6 Å². The molecule has 0 aliphatic heterocycles. The van der Waals surface area contributed by atoms with Crippen molar-refractivity contribution in [1.29, 1.82) is 0 Å². The first-order valence-corrected chi connectivity index (χ1v) is 11.5. The molecule has 0 amide bonds. The number of fused-ring (bicyclic) bond motifs is 1. The number of nitrogens with one attached hydrogen (secondary N) is 1. The molecule has 0 aliphatic carbocycles. The minimum atomic E-state index is 0.796. The number of benzene rings is 1. The lowest BCUT2D eigenvalue weighted by Gasteiger charge is -2.12. The minimum absolute atomic E-state index is 0.796. The molecular weight excluding hydrogens is 418 g/mol. The molecule has 0 radical (unpaired) electrons. The molecule has 5 aromatic rings. The number of hydrogen-bond acceptors (Lipinski definition) is 5. The van der Waals surface area contributed by atoms with E-state index in [0.717, 1.165) is 52.2 Å². The molecule has 0 bridgehead atoms. The quantitative estimate of drug-likeness (QED) is 0.331. The molecule has 0 unspecified atom stereocenters. The van der Waals surface area contributed by atoms with E-state index in [-0.39, 0.29) is 0 Å². The molecule has 0 spiro atoms. The van der Waals surface area contributed by atoms with Crippen molar-refractivity contribution >= 4 is 16.6 Å². The number of nitrogens with zero attached hydrogens (tertiary/aromatic N) is 4. The van der Waals surface area contributed by atoms with E-state index in [1.54, 1.807) is 0 Å². The molecular formula is C29H27N5. The monoisotopic (exact) mass is 445 g/mol. The number of aromatic nitrogens is 4. The molecule has 0 fully saturated rings. The number of pyridine rings is 4. The zero-order valence-corrected chi connectivity index (χ0v) is 19.7. The number of aryl methyl sites for hydroxylation is 3. The van der Waals surface area contributed by atoms with Gasteiger partial charge in [0.2, 0.25) is 0 Å². The number of anilines is 1. The molecule has 5 nitrogen and oxygen atoms in total. The summed E-state index contributed by atoms with van der Waals surface area (Å²) in [7, 11) is 0. The molecule has 1 aromatic carbocycles. The zero-order valence-electron chi connectivity index (χ0n) is 19.7. The Morgan fingerprint density at radius 1 is 0.706 bits per heavy atom. The Bertz CT molecular complexity index is 1480. The molecule has 0 saturated heterocycles. The van der Waals surface area contributed by atoms with Gasteiger partial charge in [0.15, 0.2) is 0 Å². The predicted octanol–water partition coefficient (Wildman–Crippen LogP) is 6.33. The summed E-state index contributed by atoms with van der Waals surface area (Å²) in [4.78, 5) is 17.8. The van der Waals surface area contributed by atoms with Crippen LogP contribution in [0.4, 0.5) is 5.82 Å². The summed E-state index contributed by atoms with van der Waals surface area (Å²) < 4.78 is 0. The van der Waals surface area contributed by atoms with Crippen LogP contribution in [0.5, 0.6) is 0 Å². The summed E-state index contributed by atoms with van der Waals surface area (Å²) in [6, 6.07) is 19.1. The van der Waals surface area contributed by atoms with Gasteiger partial charge in [-0.25, -0.2) is 4.98 Å². The van der Waals surface area contributed by atoms with Crippen molar-refractivity contribution in [2.45, 2.75) is 27.2 Å². The molecule has 0 atom stereocenters. The molecule has 34 heavy (non-hydrogen) atoms. The van der Waals surface area contributed by atoms with Crippen molar-refractivity contribution in [2.24, 2.45) is 0 Å². The van der Waals surface area contributed by atoms with E-state index in [0.29, 0.717) is 0 Å². The van der Waals surface area contributed by atoms with Crippen LogP contribution < -0.4 is 5.32 Å². The van der Waals surface area contributed by atoms with Crippen molar-refractivity contribution in [2.75, 3.05) is 11.9 Å². The van der Waals surface area contributed by atoms with Crippen LogP contribution in [0.15, 0.2) is 79.4 Å². The molecule has 0 saturated carbocycles. The van der Waals surface area contributed by atoms with Gasteiger partial charge in [0.1, 0.15) is 5.82 Å². The van der Waals surface area contributed by atoms with Crippen LogP contribution in [-0.2, 0) is 6.42 Å². The first-order valence-electron chi connectivity index (χ1n) is 11.5. The fourth-order valence-corrected chi connectivity index (χ4v) is 4.32. The maximum Gasteiger partial charge on any atom is 0.135 e. The van der Waals surface area contributed by atoms with E-state index in [9.17, 15) is 0 Å². The van der Waals surface area contributed by atoms with Gasteiger partial charge in [-0.15, -0.1) is 0 Å². The van der Waals surface area contributed by atoms with Gasteiger partial charge in [-0.1, -0.05) is 18.2 Å².